The van der Waals surface area contributed by atoms with Crippen LogP contribution in [-0.4, -0.2) is 37.0 Å². The summed E-state index contributed by atoms with van der Waals surface area (Å²) < 4.78 is 0. The fraction of sp³-hybridized carbons (Fsp3) is 0.600. The Hall–Kier alpha value is -0.460. The topological polar surface area (TPSA) is 91.4 Å². The number of carbonyl (C=O) groups is 2. The van der Waals surface area contributed by atoms with Gasteiger partial charge in [0.25, 0.3) is 11.8 Å². The van der Waals surface area contributed by atoms with E-state index in [0.29, 0.717) is 36.5 Å². The Morgan fingerprint density at radius 2 is 1.14 bits per heavy atom. The number of anilines is 2. The Kier molecular flexibility index (Phi) is 18.5. The Bertz CT molecular complexity index is 520. The lowest BCUT2D eigenvalue weighted by Crippen LogP contribution is -3.00. The molecule has 0 aromatic heterocycles. The molecule has 0 fully saturated rings. The minimum atomic E-state index is -0.0255. The van der Waals surface area contributed by atoms with Crippen molar-refractivity contribution >= 4 is 23.2 Å². The number of benzene rings is 1. The van der Waals surface area contributed by atoms with Gasteiger partial charge in [0, 0.05) is 11.4 Å². The van der Waals surface area contributed by atoms with E-state index in [0.717, 1.165) is 25.7 Å². The fourth-order valence-corrected chi connectivity index (χ4v) is 2.89. The van der Waals surface area contributed by atoms with Crippen LogP contribution in [0.1, 0.15) is 53.4 Å². The number of hydrogen-bond donors (Lipinski definition) is 4. The van der Waals surface area contributed by atoms with Crippen LogP contribution in [0.3, 0.4) is 0 Å². The van der Waals surface area contributed by atoms with E-state index >= 15 is 0 Å². The highest BCUT2D eigenvalue weighted by Crippen LogP contribution is 2.14. The summed E-state index contributed by atoms with van der Waals surface area (Å²) in [5.74, 6) is -0.0510. The summed E-state index contributed by atoms with van der Waals surface area (Å²) >= 11 is 0. The summed E-state index contributed by atoms with van der Waals surface area (Å²) in [6.45, 7) is 9.36. The molecule has 2 amide bonds. The van der Waals surface area contributed by atoms with Crippen LogP contribution in [0.15, 0.2) is 24.3 Å². The van der Waals surface area contributed by atoms with Crippen molar-refractivity contribution in [3.63, 3.8) is 0 Å². The van der Waals surface area contributed by atoms with Crippen molar-refractivity contribution < 1.29 is 68.2 Å². The second-order valence-corrected chi connectivity index (χ2v) is 6.71. The van der Waals surface area contributed by atoms with Gasteiger partial charge in [-0.2, -0.15) is 0 Å². The quantitative estimate of drug-likeness (QED) is 0.177. The molecule has 28 heavy (non-hydrogen) atoms. The molecule has 0 unspecified atom stereocenters. The third-order valence-corrected chi connectivity index (χ3v) is 4.80. The fourth-order valence-electron chi connectivity index (χ4n) is 2.89. The largest absolute Gasteiger partial charge is 1.00 e. The van der Waals surface area contributed by atoms with Gasteiger partial charge in [-0.05, 0) is 43.9 Å². The molecule has 1 aromatic carbocycles. The lowest BCUT2D eigenvalue weighted by Gasteiger charge is -2.13. The molecule has 162 valence electrons. The van der Waals surface area contributed by atoms with Crippen molar-refractivity contribution in [2.75, 3.05) is 23.7 Å². The summed E-state index contributed by atoms with van der Waals surface area (Å²) in [7, 11) is 0. The van der Waals surface area contributed by atoms with Gasteiger partial charge in [-0.1, -0.05) is 33.8 Å². The van der Waals surface area contributed by atoms with Crippen LogP contribution in [0.2, 0.25) is 0 Å². The van der Waals surface area contributed by atoms with E-state index in [1.165, 1.54) is 0 Å². The summed E-state index contributed by atoms with van der Waals surface area (Å²) in [5.41, 5.74) is 1.41. The number of amides is 2. The lowest BCUT2D eigenvalue weighted by molar-refractivity contribution is -0.679. The van der Waals surface area contributed by atoms with Crippen LogP contribution in [0, 0.1) is 0 Å². The van der Waals surface area contributed by atoms with Crippen LogP contribution >= 0.6 is 0 Å². The molecule has 0 spiro atoms. The van der Waals surface area contributed by atoms with Crippen molar-refractivity contribution in [2.24, 2.45) is 0 Å². The third kappa shape index (κ3) is 12.2. The Labute approximate surface area is 203 Å². The highest BCUT2D eigenvalue weighted by atomic mass is 127. The van der Waals surface area contributed by atoms with Crippen molar-refractivity contribution in [1.29, 1.82) is 0 Å². The van der Waals surface area contributed by atoms with E-state index in [9.17, 15) is 9.59 Å². The van der Waals surface area contributed by atoms with Gasteiger partial charge >= 0.3 is 0 Å². The zero-order valence-corrected chi connectivity index (χ0v) is 21.7. The summed E-state index contributed by atoms with van der Waals surface area (Å²) in [6, 6.07) is 8.27. The van der Waals surface area contributed by atoms with Gasteiger partial charge in [0.2, 0.25) is 0 Å². The van der Waals surface area contributed by atoms with Crippen LogP contribution in [-0.2, 0) is 9.59 Å². The third-order valence-electron chi connectivity index (χ3n) is 4.80. The Morgan fingerprint density at radius 3 is 1.46 bits per heavy atom. The molecule has 0 radical (unpaired) electrons. The monoisotopic (exact) mass is 618 g/mol. The van der Waals surface area contributed by atoms with E-state index in [4.69, 9.17) is 0 Å². The molecule has 0 aliphatic heterocycles. The van der Waals surface area contributed by atoms with Crippen molar-refractivity contribution in [2.45, 2.75) is 65.5 Å². The number of nitrogens with one attached hydrogen (secondary N) is 2. The van der Waals surface area contributed by atoms with Crippen LogP contribution < -0.4 is 69.2 Å². The van der Waals surface area contributed by atoms with Crippen molar-refractivity contribution in [3.8, 4) is 0 Å². The number of nitrogens with two attached hydrogens (primary N) is 2. The molecule has 8 heteroatoms. The molecular weight excluding hydrogens is 582 g/mol. The first kappa shape index (κ1) is 29.7. The molecule has 1 aromatic rings. The normalized spacial score (nSPS) is 10.2. The smallest absolute Gasteiger partial charge is 0.279 e. The standard InChI is InChI=1S/C20H34N4O2.2HI/c1-5-15(6-2)21-13-19(25)23-17-10-9-11-18(12-17)24-20(26)14-22-16(7-3)8-4;;/h9-12,15-16,21-22H,5-8,13-14H2,1-4H3,(H,23,25)(H,24,26);2*1H. The van der Waals surface area contributed by atoms with Gasteiger partial charge in [0.15, 0.2) is 13.1 Å². The molecule has 0 heterocycles. The first-order valence-electron chi connectivity index (χ1n) is 9.88. The zero-order valence-electron chi connectivity index (χ0n) is 17.4. The maximum absolute atomic E-state index is 12.1. The van der Waals surface area contributed by atoms with Gasteiger partial charge in [-0.25, -0.2) is 0 Å². The van der Waals surface area contributed by atoms with E-state index in [2.05, 4.69) is 49.0 Å². The molecule has 1 rings (SSSR count). The van der Waals surface area contributed by atoms with E-state index in [1.54, 1.807) is 6.07 Å². The zero-order chi connectivity index (χ0) is 19.4. The predicted octanol–water partition coefficient (Wildman–Crippen LogP) is -4.92. The average Bonchev–Trinajstić information content (AvgIpc) is 2.63. The van der Waals surface area contributed by atoms with Gasteiger partial charge < -0.3 is 69.2 Å². The molecule has 0 aliphatic rings. The number of carbonyl (C=O) groups excluding carboxylic acids is 2. The maximum Gasteiger partial charge on any atom is 0.279 e. The maximum atomic E-state index is 12.1. The van der Waals surface area contributed by atoms with E-state index in [1.807, 2.05) is 18.2 Å². The Balaban J connectivity index is 0. The molecular formula is C20H36I2N4O2. The van der Waals surface area contributed by atoms with Crippen LogP contribution in [0.5, 0.6) is 0 Å². The van der Waals surface area contributed by atoms with Crippen molar-refractivity contribution in [3.05, 3.63) is 24.3 Å². The number of hydrogen-bond acceptors (Lipinski definition) is 2. The SMILES string of the molecule is CCC(CC)[NH2+]CC(=O)Nc1cccc(NC(=O)C[NH2+]C(CC)CC)c1.[I-].[I-]. The summed E-state index contributed by atoms with van der Waals surface area (Å²) in [4.78, 5) is 24.2. The highest BCUT2D eigenvalue weighted by Gasteiger charge is 2.12. The van der Waals surface area contributed by atoms with Crippen LogP contribution in [0.25, 0.3) is 0 Å². The molecule has 6 nitrogen and oxygen atoms in total. The van der Waals surface area contributed by atoms with Gasteiger partial charge in [-0.3, -0.25) is 9.59 Å². The number of rotatable bonds is 12. The second-order valence-electron chi connectivity index (χ2n) is 6.71. The molecule has 0 aliphatic carbocycles. The first-order chi connectivity index (χ1) is 12.5. The summed E-state index contributed by atoms with van der Waals surface area (Å²) in [6.07, 6.45) is 4.22. The average molecular weight is 618 g/mol. The number of halogens is 2. The second kappa shape index (κ2) is 17.4. The van der Waals surface area contributed by atoms with Crippen molar-refractivity contribution in [1.82, 2.24) is 0 Å². The van der Waals surface area contributed by atoms with Gasteiger partial charge in [0.05, 0.1) is 12.1 Å². The van der Waals surface area contributed by atoms with E-state index < -0.39 is 0 Å². The first-order valence-corrected chi connectivity index (χ1v) is 9.88. The molecule has 0 bridgehead atoms. The number of quaternary nitrogens is 2. The molecule has 0 saturated carbocycles. The highest BCUT2D eigenvalue weighted by molar-refractivity contribution is 5.94. The predicted molar refractivity (Wildman–Crippen MR) is 106 cm³/mol. The minimum Gasteiger partial charge on any atom is -1.00 e. The minimum absolute atomic E-state index is 0. The molecule has 6 N–H and O–H groups in total. The molecule has 0 atom stereocenters. The lowest BCUT2D eigenvalue weighted by atomic mass is 10.2. The van der Waals surface area contributed by atoms with E-state index in [-0.39, 0.29) is 59.8 Å². The van der Waals surface area contributed by atoms with Crippen LogP contribution in [0.4, 0.5) is 11.4 Å². The van der Waals surface area contributed by atoms with Gasteiger partial charge in [-0.15, -0.1) is 0 Å². The summed E-state index contributed by atoms with van der Waals surface area (Å²) in [5, 5.41) is 9.95. The van der Waals surface area contributed by atoms with Gasteiger partial charge in [0.1, 0.15) is 0 Å². The Morgan fingerprint density at radius 1 is 0.786 bits per heavy atom. The molecule has 0 saturated heterocycles.